The molecule has 0 unspecified atom stereocenters. The Morgan fingerprint density at radius 1 is 1.07 bits per heavy atom. The molecule has 0 radical (unpaired) electrons. The number of morpholine rings is 1. The maximum absolute atomic E-state index is 12.5. The molecule has 1 fully saturated rings. The molecule has 0 spiro atoms. The van der Waals surface area contributed by atoms with Gasteiger partial charge in [-0.3, -0.25) is 10.1 Å². The molecule has 1 N–H and O–H groups in total. The highest BCUT2D eigenvalue weighted by Crippen LogP contribution is 2.22. The molecule has 4 rings (SSSR count). The number of carbonyl (C=O) groups excluding carboxylic acids is 1. The van der Waals surface area contributed by atoms with E-state index in [1.165, 1.54) is 6.07 Å². The summed E-state index contributed by atoms with van der Waals surface area (Å²) in [5, 5.41) is 3.04. The second kappa shape index (κ2) is 8.14. The normalized spacial score (nSPS) is 14.1. The predicted molar refractivity (Wildman–Crippen MR) is 106 cm³/mol. The molecule has 2 heterocycles. The van der Waals surface area contributed by atoms with Gasteiger partial charge in [-0.1, -0.05) is 30.3 Å². The van der Waals surface area contributed by atoms with E-state index in [0.29, 0.717) is 48.8 Å². The number of nitrogens with one attached hydrogen (secondary N) is 1. The highest BCUT2D eigenvalue weighted by atomic mass is 16.5. The average molecular weight is 380 g/mol. The number of ether oxygens (including phenoxy) is 2. The summed E-state index contributed by atoms with van der Waals surface area (Å²) in [6.45, 7) is 2.75. The maximum atomic E-state index is 12.5. The minimum atomic E-state index is -0.586. The third kappa shape index (κ3) is 4.15. The van der Waals surface area contributed by atoms with Gasteiger partial charge >= 0.3 is 6.09 Å². The number of carbonyl (C=O) groups is 1. The molecule has 0 saturated carbocycles. The summed E-state index contributed by atoms with van der Waals surface area (Å²) in [6, 6.07) is 15.8. The highest BCUT2D eigenvalue weighted by Gasteiger charge is 2.16. The third-order valence-electron chi connectivity index (χ3n) is 4.50. The number of anilines is 2. The second-order valence-corrected chi connectivity index (χ2v) is 6.45. The van der Waals surface area contributed by atoms with E-state index in [9.17, 15) is 9.59 Å². The van der Waals surface area contributed by atoms with E-state index in [-0.39, 0.29) is 12.0 Å². The van der Waals surface area contributed by atoms with E-state index >= 15 is 0 Å². The van der Waals surface area contributed by atoms with Crippen LogP contribution in [0.2, 0.25) is 0 Å². The van der Waals surface area contributed by atoms with Gasteiger partial charge in [-0.25, -0.2) is 4.79 Å². The minimum absolute atomic E-state index is 0.163. The van der Waals surface area contributed by atoms with Crippen molar-refractivity contribution < 1.29 is 18.7 Å². The van der Waals surface area contributed by atoms with Crippen molar-refractivity contribution in [2.45, 2.75) is 6.61 Å². The van der Waals surface area contributed by atoms with Crippen LogP contribution in [0.3, 0.4) is 0 Å². The molecule has 7 heteroatoms. The Hall–Kier alpha value is -3.32. The number of fused-ring (bicyclic) bond motifs is 1. The molecule has 3 aromatic rings. The van der Waals surface area contributed by atoms with Crippen molar-refractivity contribution >= 4 is 28.6 Å². The number of hydrogen-bond donors (Lipinski definition) is 1. The minimum Gasteiger partial charge on any atom is -0.444 e. The van der Waals surface area contributed by atoms with Gasteiger partial charge in [-0.2, -0.15) is 0 Å². The van der Waals surface area contributed by atoms with Gasteiger partial charge in [-0.05, 0) is 23.8 Å². The van der Waals surface area contributed by atoms with Crippen LogP contribution in [0.15, 0.2) is 63.8 Å². The van der Waals surface area contributed by atoms with Crippen molar-refractivity contribution in [3.63, 3.8) is 0 Å². The largest absolute Gasteiger partial charge is 0.444 e. The van der Waals surface area contributed by atoms with Crippen LogP contribution in [-0.2, 0) is 16.1 Å². The first-order chi connectivity index (χ1) is 13.7. The summed E-state index contributed by atoms with van der Waals surface area (Å²) in [5.41, 5.74) is 1.67. The van der Waals surface area contributed by atoms with Crippen molar-refractivity contribution in [1.82, 2.24) is 0 Å². The number of rotatable bonds is 4. The van der Waals surface area contributed by atoms with Gasteiger partial charge in [0.15, 0.2) is 11.3 Å². The van der Waals surface area contributed by atoms with Gasteiger partial charge in [0.1, 0.15) is 12.2 Å². The Labute approximate surface area is 161 Å². The Morgan fingerprint density at radius 2 is 1.86 bits per heavy atom. The van der Waals surface area contributed by atoms with Gasteiger partial charge in [-0.15, -0.1) is 0 Å². The molecular formula is C21H20N2O5. The molecule has 1 aliphatic rings. The Kier molecular flexibility index (Phi) is 5.25. The lowest BCUT2D eigenvalue weighted by atomic mass is 10.2. The fraction of sp³-hybridized carbons (Fsp3) is 0.238. The number of hydrogen-bond acceptors (Lipinski definition) is 6. The molecule has 0 atom stereocenters. The van der Waals surface area contributed by atoms with Crippen LogP contribution in [0.1, 0.15) is 5.56 Å². The molecule has 1 aromatic heterocycles. The van der Waals surface area contributed by atoms with Crippen LogP contribution in [0, 0.1) is 0 Å². The number of amides is 1. The Morgan fingerprint density at radius 3 is 2.64 bits per heavy atom. The molecule has 7 nitrogen and oxygen atoms in total. The zero-order chi connectivity index (χ0) is 19.3. The molecule has 2 aromatic carbocycles. The summed E-state index contributed by atoms with van der Waals surface area (Å²) in [6.07, 6.45) is -0.586. The predicted octanol–water partition coefficient (Wildman–Crippen LogP) is 3.38. The first-order valence-electron chi connectivity index (χ1n) is 9.07. The molecule has 1 saturated heterocycles. The maximum Gasteiger partial charge on any atom is 0.411 e. The van der Waals surface area contributed by atoms with Crippen LogP contribution in [0.25, 0.3) is 11.0 Å². The molecule has 144 valence electrons. The van der Waals surface area contributed by atoms with E-state index in [1.807, 2.05) is 35.2 Å². The smallest absolute Gasteiger partial charge is 0.411 e. The summed E-state index contributed by atoms with van der Waals surface area (Å²) < 4.78 is 16.4. The standard InChI is InChI=1S/C21H20N2O5/c24-18-13-20(23-8-10-26-11-9-23)28-19-7-6-16(12-17(18)19)22-21(25)27-14-15-4-2-1-3-5-15/h1-7,12-13H,8-11,14H2,(H,22,25). The van der Waals surface area contributed by atoms with E-state index < -0.39 is 6.09 Å². The molecule has 1 amide bonds. The van der Waals surface area contributed by atoms with Crippen molar-refractivity contribution in [3.8, 4) is 0 Å². The highest BCUT2D eigenvalue weighted by molar-refractivity contribution is 5.89. The summed E-state index contributed by atoms with van der Waals surface area (Å²) in [4.78, 5) is 26.5. The fourth-order valence-electron chi connectivity index (χ4n) is 3.04. The van der Waals surface area contributed by atoms with Gasteiger partial charge < -0.3 is 18.8 Å². The zero-order valence-electron chi connectivity index (χ0n) is 15.2. The van der Waals surface area contributed by atoms with Crippen LogP contribution < -0.4 is 15.6 Å². The van der Waals surface area contributed by atoms with E-state index in [1.54, 1.807) is 18.2 Å². The molecule has 0 aliphatic carbocycles. The Balaban J connectivity index is 1.47. The van der Waals surface area contributed by atoms with Gasteiger partial charge in [0.2, 0.25) is 0 Å². The third-order valence-corrected chi connectivity index (χ3v) is 4.50. The van der Waals surface area contributed by atoms with E-state index in [2.05, 4.69) is 5.32 Å². The van der Waals surface area contributed by atoms with E-state index in [0.717, 1.165) is 5.56 Å². The quantitative estimate of drug-likeness (QED) is 0.747. The van der Waals surface area contributed by atoms with Crippen LogP contribution >= 0.6 is 0 Å². The molecule has 1 aliphatic heterocycles. The zero-order valence-corrected chi connectivity index (χ0v) is 15.2. The number of benzene rings is 2. The van der Waals surface area contributed by atoms with Gasteiger partial charge in [0.25, 0.3) is 0 Å². The molecular weight excluding hydrogens is 360 g/mol. The first-order valence-corrected chi connectivity index (χ1v) is 9.07. The lowest BCUT2D eigenvalue weighted by Gasteiger charge is -2.27. The summed E-state index contributed by atoms with van der Waals surface area (Å²) in [7, 11) is 0. The fourth-order valence-corrected chi connectivity index (χ4v) is 3.04. The van der Waals surface area contributed by atoms with Crippen molar-refractivity contribution in [2.24, 2.45) is 0 Å². The van der Waals surface area contributed by atoms with Gasteiger partial charge in [0, 0.05) is 24.8 Å². The van der Waals surface area contributed by atoms with Gasteiger partial charge in [0.05, 0.1) is 18.6 Å². The van der Waals surface area contributed by atoms with Crippen molar-refractivity contribution in [3.05, 3.63) is 70.4 Å². The Bertz CT molecular complexity index is 1030. The SMILES string of the molecule is O=C(Nc1ccc2oc(N3CCOCC3)cc(=O)c2c1)OCc1ccccc1. The average Bonchev–Trinajstić information content (AvgIpc) is 2.74. The van der Waals surface area contributed by atoms with E-state index in [4.69, 9.17) is 13.9 Å². The van der Waals surface area contributed by atoms with Crippen molar-refractivity contribution in [2.75, 3.05) is 36.5 Å². The molecule has 0 bridgehead atoms. The topological polar surface area (TPSA) is 81.0 Å². The summed E-state index contributed by atoms with van der Waals surface area (Å²) >= 11 is 0. The molecule has 28 heavy (non-hydrogen) atoms. The van der Waals surface area contributed by atoms with Crippen LogP contribution in [-0.4, -0.2) is 32.4 Å². The lowest BCUT2D eigenvalue weighted by Crippen LogP contribution is -2.36. The van der Waals surface area contributed by atoms with Crippen LogP contribution in [0.4, 0.5) is 16.4 Å². The monoisotopic (exact) mass is 380 g/mol. The number of nitrogens with zero attached hydrogens (tertiary/aromatic N) is 1. The van der Waals surface area contributed by atoms with Crippen molar-refractivity contribution in [1.29, 1.82) is 0 Å². The lowest BCUT2D eigenvalue weighted by molar-refractivity contribution is 0.121. The van der Waals surface area contributed by atoms with Crippen LogP contribution in [0.5, 0.6) is 0 Å². The first kappa shape index (κ1) is 18.1. The second-order valence-electron chi connectivity index (χ2n) is 6.45. The summed E-state index contributed by atoms with van der Waals surface area (Å²) in [5.74, 6) is 0.531.